The minimum atomic E-state index is -0.603. The molecule has 0 saturated carbocycles. The molecule has 0 aliphatic heterocycles. The number of nitrogens with zero attached hydrogens (tertiary/aromatic N) is 1. The maximum absolute atomic E-state index is 12.0. The molecular formula is C18H20N4O3. The molecule has 130 valence electrons. The van der Waals surface area contributed by atoms with E-state index in [1.54, 1.807) is 55.6 Å². The highest BCUT2D eigenvalue weighted by Gasteiger charge is 2.10. The van der Waals surface area contributed by atoms with Gasteiger partial charge >= 0.3 is 0 Å². The van der Waals surface area contributed by atoms with Gasteiger partial charge in [-0.25, -0.2) is 0 Å². The summed E-state index contributed by atoms with van der Waals surface area (Å²) in [7, 11) is 1.69. The molecule has 0 radical (unpaired) electrons. The molecule has 0 aromatic heterocycles. The highest BCUT2D eigenvalue weighted by atomic mass is 16.2. The number of nitrogens with two attached hydrogens (primary N) is 1. The average Bonchev–Trinajstić information content (AvgIpc) is 2.60. The maximum atomic E-state index is 12.0. The number of primary amides is 1. The number of para-hydroxylation sites is 1. The molecule has 0 atom stereocenters. The first-order chi connectivity index (χ1) is 11.9. The van der Waals surface area contributed by atoms with E-state index in [4.69, 9.17) is 5.73 Å². The Morgan fingerprint density at radius 3 is 2.28 bits per heavy atom. The monoisotopic (exact) mass is 340 g/mol. The lowest BCUT2D eigenvalue weighted by Crippen LogP contribution is -2.24. The van der Waals surface area contributed by atoms with Crippen LogP contribution in [0.1, 0.15) is 17.3 Å². The predicted octanol–water partition coefficient (Wildman–Crippen LogP) is 1.82. The topological polar surface area (TPSA) is 105 Å². The lowest BCUT2D eigenvalue weighted by Gasteiger charge is -2.15. The van der Waals surface area contributed by atoms with Crippen LogP contribution in [0.15, 0.2) is 48.5 Å². The minimum absolute atomic E-state index is 0.0228. The molecule has 0 unspecified atom stereocenters. The van der Waals surface area contributed by atoms with Crippen molar-refractivity contribution < 1.29 is 14.4 Å². The van der Waals surface area contributed by atoms with E-state index in [1.165, 1.54) is 11.8 Å². The Morgan fingerprint density at radius 1 is 1.04 bits per heavy atom. The summed E-state index contributed by atoms with van der Waals surface area (Å²) in [5.41, 5.74) is 7.41. The van der Waals surface area contributed by atoms with Gasteiger partial charge < -0.3 is 21.3 Å². The number of hydrogen-bond acceptors (Lipinski definition) is 4. The fraction of sp³-hybridized carbons (Fsp3) is 0.167. The van der Waals surface area contributed by atoms with Crippen LogP contribution >= 0.6 is 0 Å². The number of anilines is 3. The van der Waals surface area contributed by atoms with Gasteiger partial charge in [0.15, 0.2) is 0 Å². The van der Waals surface area contributed by atoms with E-state index in [2.05, 4.69) is 10.6 Å². The summed E-state index contributed by atoms with van der Waals surface area (Å²) < 4.78 is 0. The van der Waals surface area contributed by atoms with Crippen LogP contribution in [0.2, 0.25) is 0 Å². The number of nitrogens with one attached hydrogen (secondary N) is 2. The standard InChI is InChI=1S/C18H20N4O3/c1-12(23)22(2)14-9-7-13(8-10-14)20-11-17(24)21-16-6-4-3-5-15(16)18(19)25/h3-10,20H,11H2,1-2H3,(H2,19,25)(H,21,24). The lowest BCUT2D eigenvalue weighted by atomic mass is 10.1. The van der Waals surface area contributed by atoms with Gasteiger partial charge in [-0.1, -0.05) is 12.1 Å². The Labute approximate surface area is 145 Å². The van der Waals surface area contributed by atoms with Gasteiger partial charge in [0, 0.05) is 25.3 Å². The van der Waals surface area contributed by atoms with Gasteiger partial charge in [-0.15, -0.1) is 0 Å². The molecule has 3 amide bonds. The van der Waals surface area contributed by atoms with Gasteiger partial charge in [0.1, 0.15) is 0 Å². The fourth-order valence-corrected chi connectivity index (χ4v) is 2.17. The number of carbonyl (C=O) groups is 3. The molecule has 0 heterocycles. The summed E-state index contributed by atoms with van der Waals surface area (Å²) in [6.07, 6.45) is 0. The van der Waals surface area contributed by atoms with Crippen LogP contribution < -0.4 is 21.3 Å². The summed E-state index contributed by atoms with van der Waals surface area (Å²) in [4.78, 5) is 36.2. The van der Waals surface area contributed by atoms with E-state index in [-0.39, 0.29) is 23.9 Å². The van der Waals surface area contributed by atoms with Crippen LogP contribution in [0.4, 0.5) is 17.1 Å². The molecular weight excluding hydrogens is 320 g/mol. The minimum Gasteiger partial charge on any atom is -0.376 e. The number of amides is 3. The van der Waals surface area contributed by atoms with Crippen molar-refractivity contribution in [2.75, 3.05) is 29.1 Å². The molecule has 2 aromatic rings. The molecule has 25 heavy (non-hydrogen) atoms. The van der Waals surface area contributed by atoms with Crippen LogP contribution in [-0.2, 0) is 9.59 Å². The van der Waals surface area contributed by atoms with Crippen molar-refractivity contribution in [3.05, 3.63) is 54.1 Å². The SMILES string of the molecule is CC(=O)N(C)c1ccc(NCC(=O)Nc2ccccc2C(N)=O)cc1. The Morgan fingerprint density at radius 2 is 1.68 bits per heavy atom. The third kappa shape index (κ3) is 4.81. The highest BCUT2D eigenvalue weighted by Crippen LogP contribution is 2.17. The van der Waals surface area contributed by atoms with Crippen molar-refractivity contribution >= 4 is 34.8 Å². The van der Waals surface area contributed by atoms with Crippen LogP contribution in [0.5, 0.6) is 0 Å². The summed E-state index contributed by atoms with van der Waals surface area (Å²) in [5, 5.41) is 5.63. The van der Waals surface area contributed by atoms with E-state index in [0.29, 0.717) is 5.69 Å². The molecule has 2 aromatic carbocycles. The van der Waals surface area contributed by atoms with Gasteiger partial charge in [-0.3, -0.25) is 14.4 Å². The van der Waals surface area contributed by atoms with E-state index in [1.807, 2.05) is 0 Å². The second kappa shape index (κ2) is 7.96. The predicted molar refractivity (Wildman–Crippen MR) is 97.6 cm³/mol. The van der Waals surface area contributed by atoms with Crippen LogP contribution in [0.25, 0.3) is 0 Å². The Bertz CT molecular complexity index is 787. The molecule has 0 aliphatic carbocycles. The van der Waals surface area contributed by atoms with Gasteiger partial charge in [0.05, 0.1) is 17.8 Å². The number of carbonyl (C=O) groups excluding carboxylic acids is 3. The third-order valence-corrected chi connectivity index (χ3v) is 3.65. The van der Waals surface area contributed by atoms with E-state index in [0.717, 1.165) is 11.4 Å². The summed E-state index contributed by atoms with van der Waals surface area (Å²) in [6, 6.07) is 13.7. The molecule has 7 heteroatoms. The second-order valence-electron chi connectivity index (χ2n) is 5.44. The largest absolute Gasteiger partial charge is 0.376 e. The third-order valence-electron chi connectivity index (χ3n) is 3.65. The lowest BCUT2D eigenvalue weighted by molar-refractivity contribution is -0.116. The van der Waals surface area contributed by atoms with Crippen LogP contribution in [-0.4, -0.2) is 31.3 Å². The maximum Gasteiger partial charge on any atom is 0.250 e. The zero-order valence-corrected chi connectivity index (χ0v) is 14.1. The molecule has 4 N–H and O–H groups in total. The zero-order valence-electron chi connectivity index (χ0n) is 14.1. The van der Waals surface area contributed by atoms with Gasteiger partial charge in [-0.2, -0.15) is 0 Å². The smallest absolute Gasteiger partial charge is 0.250 e. The van der Waals surface area contributed by atoms with Crippen molar-refractivity contribution in [2.24, 2.45) is 5.73 Å². The van der Waals surface area contributed by atoms with Crippen molar-refractivity contribution in [1.82, 2.24) is 0 Å². The molecule has 0 aliphatic rings. The first kappa shape index (κ1) is 18.0. The molecule has 0 bridgehead atoms. The van der Waals surface area contributed by atoms with Crippen molar-refractivity contribution in [1.29, 1.82) is 0 Å². The summed E-state index contributed by atoms with van der Waals surface area (Å²) >= 11 is 0. The molecule has 7 nitrogen and oxygen atoms in total. The molecule has 0 saturated heterocycles. The van der Waals surface area contributed by atoms with Crippen molar-refractivity contribution in [2.45, 2.75) is 6.92 Å². The Kier molecular flexibility index (Phi) is 5.73. The van der Waals surface area contributed by atoms with Gasteiger partial charge in [0.2, 0.25) is 11.8 Å². The van der Waals surface area contributed by atoms with Crippen molar-refractivity contribution in [3.8, 4) is 0 Å². The van der Waals surface area contributed by atoms with E-state index >= 15 is 0 Å². The Balaban J connectivity index is 1.94. The molecule has 2 rings (SSSR count). The zero-order chi connectivity index (χ0) is 18.4. The first-order valence-corrected chi connectivity index (χ1v) is 7.65. The fourth-order valence-electron chi connectivity index (χ4n) is 2.17. The second-order valence-corrected chi connectivity index (χ2v) is 5.44. The van der Waals surface area contributed by atoms with E-state index in [9.17, 15) is 14.4 Å². The number of benzene rings is 2. The van der Waals surface area contributed by atoms with Crippen LogP contribution in [0.3, 0.4) is 0 Å². The number of rotatable bonds is 6. The van der Waals surface area contributed by atoms with Crippen LogP contribution in [0, 0.1) is 0 Å². The Hall–Kier alpha value is -3.35. The molecule has 0 fully saturated rings. The average molecular weight is 340 g/mol. The van der Waals surface area contributed by atoms with E-state index < -0.39 is 5.91 Å². The summed E-state index contributed by atoms with van der Waals surface area (Å²) in [5.74, 6) is -0.971. The summed E-state index contributed by atoms with van der Waals surface area (Å²) in [6.45, 7) is 1.51. The normalized spacial score (nSPS) is 10.0. The van der Waals surface area contributed by atoms with Crippen molar-refractivity contribution in [3.63, 3.8) is 0 Å². The first-order valence-electron chi connectivity index (χ1n) is 7.65. The number of hydrogen-bond donors (Lipinski definition) is 3. The quantitative estimate of drug-likeness (QED) is 0.746. The van der Waals surface area contributed by atoms with Gasteiger partial charge in [-0.05, 0) is 36.4 Å². The van der Waals surface area contributed by atoms with Gasteiger partial charge in [0.25, 0.3) is 5.91 Å². The molecule has 0 spiro atoms. The highest BCUT2D eigenvalue weighted by molar-refractivity contribution is 6.03.